The van der Waals surface area contributed by atoms with Gasteiger partial charge in [0.1, 0.15) is 11.3 Å². The van der Waals surface area contributed by atoms with Crippen LogP contribution in [0.3, 0.4) is 0 Å². The molecule has 0 bridgehead atoms. The van der Waals surface area contributed by atoms with Crippen molar-refractivity contribution in [2.75, 3.05) is 0 Å². The van der Waals surface area contributed by atoms with Gasteiger partial charge in [0.15, 0.2) is 0 Å². The molecule has 1 fully saturated rings. The van der Waals surface area contributed by atoms with Crippen molar-refractivity contribution in [3.8, 4) is 5.75 Å². The smallest absolute Gasteiger partial charge is 0.339 e. The first kappa shape index (κ1) is 15.1. The van der Waals surface area contributed by atoms with Crippen LogP contribution in [0.5, 0.6) is 5.75 Å². The van der Waals surface area contributed by atoms with Crippen molar-refractivity contribution < 1.29 is 14.3 Å². The molecule has 1 aliphatic carbocycles. The molecule has 0 aromatic heterocycles. The molecular formula is C16H24O3Si. The summed E-state index contributed by atoms with van der Waals surface area (Å²) in [6.07, 6.45) is 6.15. The fourth-order valence-corrected chi connectivity index (χ4v) is 3.66. The summed E-state index contributed by atoms with van der Waals surface area (Å²) < 4.78 is 5.89. The zero-order valence-corrected chi connectivity index (χ0v) is 13.6. The Balaban J connectivity index is 2.29. The van der Waals surface area contributed by atoms with E-state index in [4.69, 9.17) is 4.43 Å². The zero-order chi connectivity index (χ0) is 14.8. The average Bonchev–Trinajstić information content (AvgIpc) is 2.38. The van der Waals surface area contributed by atoms with Gasteiger partial charge in [0.05, 0.1) is 0 Å². The van der Waals surface area contributed by atoms with E-state index in [0.717, 1.165) is 5.56 Å². The molecule has 0 radical (unpaired) electrons. The maximum absolute atomic E-state index is 11.5. The second-order valence-corrected chi connectivity index (χ2v) is 11.0. The van der Waals surface area contributed by atoms with Crippen LogP contribution in [0.2, 0.25) is 19.6 Å². The zero-order valence-electron chi connectivity index (χ0n) is 12.6. The van der Waals surface area contributed by atoms with E-state index in [1.165, 1.54) is 32.1 Å². The van der Waals surface area contributed by atoms with Gasteiger partial charge in [0.25, 0.3) is 0 Å². The van der Waals surface area contributed by atoms with Gasteiger partial charge in [0.2, 0.25) is 8.32 Å². The molecule has 1 aromatic carbocycles. The minimum Gasteiger partial charge on any atom is -0.544 e. The Morgan fingerprint density at radius 2 is 1.85 bits per heavy atom. The lowest BCUT2D eigenvalue weighted by Gasteiger charge is -2.24. The van der Waals surface area contributed by atoms with Crippen LogP contribution in [0.4, 0.5) is 0 Å². The van der Waals surface area contributed by atoms with Gasteiger partial charge in [-0.25, -0.2) is 4.79 Å². The second kappa shape index (κ2) is 6.00. The third kappa shape index (κ3) is 3.85. The van der Waals surface area contributed by atoms with Crippen molar-refractivity contribution in [3.63, 3.8) is 0 Å². The molecule has 1 N–H and O–H groups in total. The molecule has 0 heterocycles. The van der Waals surface area contributed by atoms with E-state index >= 15 is 0 Å². The molecule has 2 rings (SSSR count). The van der Waals surface area contributed by atoms with Gasteiger partial charge in [-0.2, -0.15) is 0 Å². The van der Waals surface area contributed by atoms with Gasteiger partial charge >= 0.3 is 5.97 Å². The lowest BCUT2D eigenvalue weighted by atomic mass is 9.83. The maximum Gasteiger partial charge on any atom is 0.339 e. The molecule has 3 nitrogen and oxygen atoms in total. The van der Waals surface area contributed by atoms with Crippen LogP contribution in [-0.2, 0) is 0 Å². The molecule has 0 spiro atoms. The first-order valence-corrected chi connectivity index (χ1v) is 10.8. The van der Waals surface area contributed by atoms with Crippen molar-refractivity contribution in [2.45, 2.75) is 57.7 Å². The standard InChI is InChI=1S/C16H24O3Si/c1-20(2,3)19-15-10-9-13(11-14(15)16(17)18)12-7-5-4-6-8-12/h9-12H,4-8H2,1-3H3,(H,17,18). The van der Waals surface area contributed by atoms with Crippen LogP contribution >= 0.6 is 0 Å². The van der Waals surface area contributed by atoms with E-state index in [1.807, 2.05) is 12.1 Å². The quantitative estimate of drug-likeness (QED) is 0.822. The predicted molar refractivity (Wildman–Crippen MR) is 83.2 cm³/mol. The minimum atomic E-state index is -1.80. The number of carboxylic acids is 1. The van der Waals surface area contributed by atoms with Crippen LogP contribution in [0, 0.1) is 0 Å². The van der Waals surface area contributed by atoms with E-state index in [1.54, 1.807) is 0 Å². The topological polar surface area (TPSA) is 46.5 Å². The largest absolute Gasteiger partial charge is 0.544 e. The number of benzene rings is 1. The third-order valence-electron chi connectivity index (χ3n) is 3.73. The lowest BCUT2D eigenvalue weighted by molar-refractivity contribution is 0.0694. The van der Waals surface area contributed by atoms with Crippen molar-refractivity contribution in [1.29, 1.82) is 0 Å². The Kier molecular flexibility index (Phi) is 4.53. The van der Waals surface area contributed by atoms with E-state index in [0.29, 0.717) is 17.2 Å². The molecule has 0 amide bonds. The normalized spacial score (nSPS) is 16.9. The SMILES string of the molecule is C[Si](C)(C)Oc1ccc(C2CCCCC2)cc1C(=O)O. The summed E-state index contributed by atoms with van der Waals surface area (Å²) in [5.41, 5.74) is 1.47. The summed E-state index contributed by atoms with van der Waals surface area (Å²) in [5.74, 6) is 0.148. The highest BCUT2D eigenvalue weighted by Gasteiger charge is 2.23. The highest BCUT2D eigenvalue weighted by Crippen LogP contribution is 2.35. The first-order valence-electron chi connectivity index (χ1n) is 7.43. The number of carboxylic acid groups (broad SMARTS) is 1. The second-order valence-electron chi connectivity index (χ2n) is 6.61. The van der Waals surface area contributed by atoms with Crippen LogP contribution in [-0.4, -0.2) is 19.4 Å². The Morgan fingerprint density at radius 1 is 1.20 bits per heavy atom. The molecular weight excluding hydrogens is 268 g/mol. The van der Waals surface area contributed by atoms with Gasteiger partial charge in [-0.1, -0.05) is 25.3 Å². The number of carbonyl (C=O) groups is 1. The number of hydrogen-bond acceptors (Lipinski definition) is 2. The first-order chi connectivity index (χ1) is 9.37. The Bertz CT molecular complexity index is 485. The van der Waals surface area contributed by atoms with E-state index in [9.17, 15) is 9.90 Å². The van der Waals surface area contributed by atoms with E-state index in [-0.39, 0.29) is 0 Å². The van der Waals surface area contributed by atoms with Crippen LogP contribution < -0.4 is 4.43 Å². The Labute approximate surface area is 122 Å². The number of aromatic carboxylic acids is 1. The highest BCUT2D eigenvalue weighted by molar-refractivity contribution is 6.70. The van der Waals surface area contributed by atoms with E-state index < -0.39 is 14.3 Å². The van der Waals surface area contributed by atoms with Gasteiger partial charge in [0, 0.05) is 0 Å². The van der Waals surface area contributed by atoms with Gasteiger partial charge in [-0.15, -0.1) is 0 Å². The fourth-order valence-electron chi connectivity index (χ4n) is 2.82. The molecule has 0 unspecified atom stereocenters. The van der Waals surface area contributed by atoms with Crippen LogP contribution in [0.15, 0.2) is 18.2 Å². The van der Waals surface area contributed by atoms with Gasteiger partial charge in [-0.05, 0) is 56.1 Å². The molecule has 0 aliphatic heterocycles. The molecule has 20 heavy (non-hydrogen) atoms. The molecule has 1 aliphatic rings. The van der Waals surface area contributed by atoms with Crippen molar-refractivity contribution in [3.05, 3.63) is 29.3 Å². The summed E-state index contributed by atoms with van der Waals surface area (Å²) in [6, 6.07) is 5.73. The summed E-state index contributed by atoms with van der Waals surface area (Å²) in [5, 5.41) is 9.42. The van der Waals surface area contributed by atoms with Crippen LogP contribution in [0.1, 0.15) is 53.9 Å². The molecule has 4 heteroatoms. The maximum atomic E-state index is 11.5. The van der Waals surface area contributed by atoms with Crippen molar-refractivity contribution in [1.82, 2.24) is 0 Å². The number of hydrogen-bond donors (Lipinski definition) is 1. The fraction of sp³-hybridized carbons (Fsp3) is 0.562. The van der Waals surface area contributed by atoms with Crippen molar-refractivity contribution >= 4 is 14.3 Å². The highest BCUT2D eigenvalue weighted by atomic mass is 28.4. The monoisotopic (exact) mass is 292 g/mol. The average molecular weight is 292 g/mol. The number of rotatable bonds is 4. The third-order valence-corrected chi connectivity index (χ3v) is 4.56. The Morgan fingerprint density at radius 3 is 2.40 bits per heavy atom. The minimum absolute atomic E-state index is 0.315. The summed E-state index contributed by atoms with van der Waals surface area (Å²) in [7, 11) is -1.80. The summed E-state index contributed by atoms with van der Waals surface area (Å²) in [4.78, 5) is 11.5. The lowest BCUT2D eigenvalue weighted by Crippen LogP contribution is -2.30. The molecule has 110 valence electrons. The van der Waals surface area contributed by atoms with Gasteiger partial charge < -0.3 is 9.53 Å². The molecule has 1 aromatic rings. The van der Waals surface area contributed by atoms with E-state index in [2.05, 4.69) is 25.7 Å². The summed E-state index contributed by atoms with van der Waals surface area (Å²) in [6.45, 7) is 6.19. The molecule has 1 saturated carbocycles. The predicted octanol–water partition coefficient (Wildman–Crippen LogP) is 4.65. The van der Waals surface area contributed by atoms with Gasteiger partial charge in [-0.3, -0.25) is 0 Å². The Hall–Kier alpha value is -1.29. The molecule has 0 saturated heterocycles. The van der Waals surface area contributed by atoms with Crippen LogP contribution in [0.25, 0.3) is 0 Å². The van der Waals surface area contributed by atoms with Crippen molar-refractivity contribution in [2.24, 2.45) is 0 Å². The summed E-state index contributed by atoms with van der Waals surface area (Å²) >= 11 is 0. The molecule has 0 atom stereocenters.